The van der Waals surface area contributed by atoms with Crippen molar-refractivity contribution in [2.24, 2.45) is 5.92 Å². The van der Waals surface area contributed by atoms with E-state index in [1.54, 1.807) is 0 Å². The van der Waals surface area contributed by atoms with Gasteiger partial charge in [-0.05, 0) is 43.4 Å². The van der Waals surface area contributed by atoms with E-state index in [0.29, 0.717) is 5.95 Å². The Balaban J connectivity index is 1.92. The summed E-state index contributed by atoms with van der Waals surface area (Å²) in [4.78, 5) is 4.48. The van der Waals surface area contributed by atoms with Crippen LogP contribution in [0.4, 0.5) is 5.95 Å². The van der Waals surface area contributed by atoms with Crippen LogP contribution in [0, 0.1) is 12.8 Å². The molecule has 96 valence electrons. The largest absolute Gasteiger partial charge is 0.369 e. The summed E-state index contributed by atoms with van der Waals surface area (Å²) >= 11 is 0. The van der Waals surface area contributed by atoms with E-state index in [0.717, 1.165) is 18.0 Å². The quantitative estimate of drug-likeness (QED) is 0.877. The van der Waals surface area contributed by atoms with Crippen LogP contribution in [0.1, 0.15) is 37.7 Å². The van der Waals surface area contributed by atoms with Gasteiger partial charge in [-0.25, -0.2) is 4.98 Å². The van der Waals surface area contributed by atoms with E-state index in [9.17, 15) is 0 Å². The first-order valence-electron chi connectivity index (χ1n) is 6.96. The molecule has 18 heavy (non-hydrogen) atoms. The molecule has 2 aromatic rings. The van der Waals surface area contributed by atoms with Crippen molar-refractivity contribution in [3.8, 4) is 0 Å². The van der Waals surface area contributed by atoms with Gasteiger partial charge in [-0.3, -0.25) is 0 Å². The maximum atomic E-state index is 6.07. The normalized spacial score (nSPS) is 17.4. The zero-order valence-electron chi connectivity index (χ0n) is 11.0. The van der Waals surface area contributed by atoms with Gasteiger partial charge in [-0.2, -0.15) is 0 Å². The fourth-order valence-corrected chi connectivity index (χ4v) is 3.08. The van der Waals surface area contributed by atoms with Crippen molar-refractivity contribution >= 4 is 17.0 Å². The Bertz CT molecular complexity index is 550. The van der Waals surface area contributed by atoms with Gasteiger partial charge in [0.1, 0.15) is 0 Å². The number of aromatic nitrogens is 2. The van der Waals surface area contributed by atoms with Crippen molar-refractivity contribution in [1.82, 2.24) is 9.55 Å². The van der Waals surface area contributed by atoms with Crippen molar-refractivity contribution < 1.29 is 0 Å². The molecule has 1 aromatic carbocycles. The average Bonchev–Trinajstić information content (AvgIpc) is 2.66. The molecule has 1 saturated carbocycles. The highest BCUT2D eigenvalue weighted by molar-refractivity contribution is 5.79. The summed E-state index contributed by atoms with van der Waals surface area (Å²) in [5.74, 6) is 1.45. The molecule has 0 amide bonds. The lowest BCUT2D eigenvalue weighted by molar-refractivity contribution is 0.323. The van der Waals surface area contributed by atoms with Gasteiger partial charge in [0.05, 0.1) is 11.0 Å². The molecule has 0 unspecified atom stereocenters. The van der Waals surface area contributed by atoms with E-state index < -0.39 is 0 Å². The van der Waals surface area contributed by atoms with Crippen LogP contribution in [0.25, 0.3) is 11.0 Å². The molecule has 0 bridgehead atoms. The van der Waals surface area contributed by atoms with Crippen LogP contribution < -0.4 is 5.73 Å². The number of rotatable bonds is 2. The van der Waals surface area contributed by atoms with Gasteiger partial charge in [0.15, 0.2) is 0 Å². The zero-order valence-corrected chi connectivity index (χ0v) is 11.0. The molecule has 3 heteroatoms. The molecule has 0 radical (unpaired) electrons. The van der Waals surface area contributed by atoms with Crippen LogP contribution in [-0.4, -0.2) is 9.55 Å². The number of fused-ring (bicyclic) bond motifs is 1. The Hall–Kier alpha value is -1.51. The van der Waals surface area contributed by atoms with Crippen LogP contribution in [0.15, 0.2) is 18.2 Å². The third kappa shape index (κ3) is 2.09. The predicted molar refractivity (Wildman–Crippen MR) is 75.5 cm³/mol. The van der Waals surface area contributed by atoms with Crippen LogP contribution in [-0.2, 0) is 6.54 Å². The number of benzene rings is 1. The zero-order chi connectivity index (χ0) is 12.5. The van der Waals surface area contributed by atoms with Crippen molar-refractivity contribution in [3.05, 3.63) is 23.8 Å². The van der Waals surface area contributed by atoms with E-state index in [2.05, 4.69) is 34.7 Å². The SMILES string of the molecule is Cc1ccc2c(c1)nc(N)n2CC1CCCCC1. The summed E-state index contributed by atoms with van der Waals surface area (Å²) in [5, 5.41) is 0. The molecule has 0 saturated heterocycles. The van der Waals surface area contributed by atoms with Crippen molar-refractivity contribution in [1.29, 1.82) is 0 Å². The van der Waals surface area contributed by atoms with Gasteiger partial charge in [0.25, 0.3) is 0 Å². The van der Waals surface area contributed by atoms with Crippen molar-refractivity contribution in [2.75, 3.05) is 5.73 Å². The second-order valence-corrected chi connectivity index (χ2v) is 5.58. The van der Waals surface area contributed by atoms with Crippen molar-refractivity contribution in [3.63, 3.8) is 0 Å². The van der Waals surface area contributed by atoms with Gasteiger partial charge in [0.2, 0.25) is 5.95 Å². The van der Waals surface area contributed by atoms with Gasteiger partial charge >= 0.3 is 0 Å². The van der Waals surface area contributed by atoms with E-state index in [-0.39, 0.29) is 0 Å². The first-order chi connectivity index (χ1) is 8.74. The maximum Gasteiger partial charge on any atom is 0.201 e. The van der Waals surface area contributed by atoms with E-state index in [1.165, 1.54) is 43.2 Å². The molecule has 1 aliphatic rings. The highest BCUT2D eigenvalue weighted by Gasteiger charge is 2.17. The van der Waals surface area contributed by atoms with Crippen LogP contribution in [0.3, 0.4) is 0 Å². The standard InChI is InChI=1S/C15H21N3/c1-11-7-8-14-13(9-11)17-15(16)18(14)10-12-5-3-2-4-6-12/h7-9,12H,2-6,10H2,1H3,(H2,16,17). The van der Waals surface area contributed by atoms with Gasteiger partial charge in [-0.15, -0.1) is 0 Å². The third-order valence-corrected chi connectivity index (χ3v) is 4.10. The first kappa shape index (κ1) is 11.6. The monoisotopic (exact) mass is 243 g/mol. The predicted octanol–water partition coefficient (Wildman–Crippen LogP) is 3.51. The van der Waals surface area contributed by atoms with Crippen LogP contribution in [0.5, 0.6) is 0 Å². The van der Waals surface area contributed by atoms with E-state index >= 15 is 0 Å². The molecule has 3 rings (SSSR count). The fraction of sp³-hybridized carbons (Fsp3) is 0.533. The number of imidazole rings is 1. The molecule has 2 N–H and O–H groups in total. The molecule has 1 fully saturated rings. The molecule has 3 nitrogen and oxygen atoms in total. The van der Waals surface area contributed by atoms with Gasteiger partial charge < -0.3 is 10.3 Å². The summed E-state index contributed by atoms with van der Waals surface area (Å²) in [6.45, 7) is 3.13. The third-order valence-electron chi connectivity index (χ3n) is 4.10. The summed E-state index contributed by atoms with van der Waals surface area (Å²) in [6.07, 6.45) is 6.82. The summed E-state index contributed by atoms with van der Waals surface area (Å²) in [5.41, 5.74) is 9.53. The topological polar surface area (TPSA) is 43.8 Å². The van der Waals surface area contributed by atoms with E-state index in [4.69, 9.17) is 5.73 Å². The minimum absolute atomic E-state index is 0.668. The average molecular weight is 243 g/mol. The molecule has 0 aliphatic heterocycles. The Morgan fingerprint density at radius 1 is 1.28 bits per heavy atom. The smallest absolute Gasteiger partial charge is 0.201 e. The molecule has 1 aliphatic carbocycles. The molecular formula is C15H21N3. The Labute approximate surface area is 108 Å². The second kappa shape index (κ2) is 4.63. The number of nitrogen functional groups attached to an aromatic ring is 1. The number of aryl methyl sites for hydroxylation is 1. The molecule has 0 spiro atoms. The minimum atomic E-state index is 0.668. The van der Waals surface area contributed by atoms with Gasteiger partial charge in [-0.1, -0.05) is 25.3 Å². The summed E-state index contributed by atoms with van der Waals surface area (Å²) in [7, 11) is 0. The highest BCUT2D eigenvalue weighted by Crippen LogP contribution is 2.28. The Kier molecular flexibility index (Phi) is 2.98. The first-order valence-corrected chi connectivity index (χ1v) is 6.96. The number of nitrogens with two attached hydrogens (primary N) is 1. The number of hydrogen-bond donors (Lipinski definition) is 1. The lowest BCUT2D eigenvalue weighted by Gasteiger charge is -2.22. The Morgan fingerprint density at radius 3 is 2.83 bits per heavy atom. The molecular weight excluding hydrogens is 222 g/mol. The Morgan fingerprint density at radius 2 is 2.06 bits per heavy atom. The van der Waals surface area contributed by atoms with Crippen molar-refractivity contribution in [2.45, 2.75) is 45.6 Å². The van der Waals surface area contributed by atoms with Crippen LogP contribution in [0.2, 0.25) is 0 Å². The molecule has 1 heterocycles. The number of anilines is 1. The minimum Gasteiger partial charge on any atom is -0.369 e. The van der Waals surface area contributed by atoms with Gasteiger partial charge in [0, 0.05) is 6.54 Å². The highest BCUT2D eigenvalue weighted by atomic mass is 15.2. The molecule has 1 aromatic heterocycles. The summed E-state index contributed by atoms with van der Waals surface area (Å²) < 4.78 is 2.20. The summed E-state index contributed by atoms with van der Waals surface area (Å²) in [6, 6.07) is 6.40. The molecule has 0 atom stereocenters. The lowest BCUT2D eigenvalue weighted by atomic mass is 9.89. The van der Waals surface area contributed by atoms with Crippen LogP contribution >= 0.6 is 0 Å². The number of hydrogen-bond acceptors (Lipinski definition) is 2. The lowest BCUT2D eigenvalue weighted by Crippen LogP contribution is -2.15. The van der Waals surface area contributed by atoms with E-state index in [1.807, 2.05) is 0 Å². The fourth-order valence-electron chi connectivity index (χ4n) is 3.08. The number of nitrogens with zero attached hydrogens (tertiary/aromatic N) is 2. The second-order valence-electron chi connectivity index (χ2n) is 5.58. The maximum absolute atomic E-state index is 6.07.